The molecule has 1 fully saturated rings. The Kier molecular flexibility index (Phi) is 6.21. The Hall–Kier alpha value is -2.71. The lowest BCUT2D eigenvalue weighted by molar-refractivity contribution is -0.117. The van der Waals surface area contributed by atoms with Gasteiger partial charge in [-0.3, -0.25) is 9.69 Å². The summed E-state index contributed by atoms with van der Waals surface area (Å²) < 4.78 is 11.4. The number of amides is 1. The molecule has 4 rings (SSSR count). The number of para-hydroxylation sites is 2. The van der Waals surface area contributed by atoms with Gasteiger partial charge in [-0.2, -0.15) is 11.3 Å². The molecular weight excluding hydrogens is 388 g/mol. The Bertz CT molecular complexity index is 933. The number of rotatable bonds is 7. The van der Waals surface area contributed by atoms with Crippen LogP contribution < -0.4 is 10.1 Å². The number of benzene rings is 1. The van der Waals surface area contributed by atoms with Gasteiger partial charge in [0.25, 0.3) is 0 Å². The summed E-state index contributed by atoms with van der Waals surface area (Å²) in [5.41, 5.74) is 1.68. The number of ether oxygens (including phenoxy) is 1. The molecule has 1 amide bonds. The van der Waals surface area contributed by atoms with Gasteiger partial charge in [-0.25, -0.2) is 0 Å². The largest absolute Gasteiger partial charge is 0.492 e. The van der Waals surface area contributed by atoms with Gasteiger partial charge in [0.05, 0.1) is 18.8 Å². The van der Waals surface area contributed by atoms with Crippen molar-refractivity contribution in [3.8, 4) is 17.2 Å². The van der Waals surface area contributed by atoms with Gasteiger partial charge in [0.2, 0.25) is 17.7 Å². The minimum Gasteiger partial charge on any atom is -0.492 e. The summed E-state index contributed by atoms with van der Waals surface area (Å²) >= 11 is 1.61. The molecule has 0 atom stereocenters. The number of likely N-dealkylation sites (tertiary alicyclic amines) is 1. The van der Waals surface area contributed by atoms with E-state index in [9.17, 15) is 4.79 Å². The van der Waals surface area contributed by atoms with Crippen molar-refractivity contribution in [2.45, 2.75) is 25.7 Å². The summed E-state index contributed by atoms with van der Waals surface area (Å²) in [7, 11) is 0. The van der Waals surface area contributed by atoms with Gasteiger partial charge in [0.15, 0.2) is 0 Å². The fourth-order valence-electron chi connectivity index (χ4n) is 3.48. The van der Waals surface area contributed by atoms with Crippen LogP contribution in [0.3, 0.4) is 0 Å². The van der Waals surface area contributed by atoms with E-state index in [-0.39, 0.29) is 11.8 Å². The van der Waals surface area contributed by atoms with Gasteiger partial charge in [0, 0.05) is 16.9 Å². The average Bonchev–Trinajstić information content (AvgIpc) is 3.42. The average molecular weight is 413 g/mol. The zero-order chi connectivity index (χ0) is 20.1. The van der Waals surface area contributed by atoms with E-state index in [0.717, 1.165) is 31.5 Å². The lowest BCUT2D eigenvalue weighted by Crippen LogP contribution is -2.38. The van der Waals surface area contributed by atoms with Crippen LogP contribution in [-0.4, -0.2) is 47.2 Å². The molecule has 29 heavy (non-hydrogen) atoms. The van der Waals surface area contributed by atoms with Crippen LogP contribution >= 0.6 is 11.3 Å². The maximum Gasteiger partial charge on any atom is 0.248 e. The number of aromatic nitrogens is 2. The van der Waals surface area contributed by atoms with Gasteiger partial charge >= 0.3 is 0 Å². The van der Waals surface area contributed by atoms with Crippen molar-refractivity contribution < 1.29 is 13.9 Å². The number of piperidine rings is 1. The van der Waals surface area contributed by atoms with E-state index in [0.29, 0.717) is 36.4 Å². The molecule has 0 spiro atoms. The molecule has 1 aromatic carbocycles. The van der Waals surface area contributed by atoms with E-state index in [1.54, 1.807) is 11.3 Å². The predicted molar refractivity (Wildman–Crippen MR) is 112 cm³/mol. The van der Waals surface area contributed by atoms with Crippen molar-refractivity contribution in [3.63, 3.8) is 0 Å². The Morgan fingerprint density at radius 1 is 1.28 bits per heavy atom. The van der Waals surface area contributed by atoms with Crippen molar-refractivity contribution in [2.24, 2.45) is 0 Å². The highest BCUT2D eigenvalue weighted by Crippen LogP contribution is 2.30. The van der Waals surface area contributed by atoms with Crippen molar-refractivity contribution >= 4 is 22.9 Å². The summed E-state index contributed by atoms with van der Waals surface area (Å²) in [6.45, 7) is 4.49. The van der Waals surface area contributed by atoms with E-state index in [1.165, 1.54) is 0 Å². The lowest BCUT2D eigenvalue weighted by atomic mass is 9.97. The van der Waals surface area contributed by atoms with E-state index in [4.69, 9.17) is 9.15 Å². The molecule has 3 heterocycles. The van der Waals surface area contributed by atoms with Crippen LogP contribution in [0.1, 0.15) is 31.6 Å². The van der Waals surface area contributed by atoms with Crippen molar-refractivity contribution in [1.82, 2.24) is 15.1 Å². The molecule has 0 aliphatic carbocycles. The predicted octanol–water partition coefficient (Wildman–Crippen LogP) is 4.01. The number of nitrogens with one attached hydrogen (secondary N) is 1. The molecule has 1 aliphatic heterocycles. The quantitative estimate of drug-likeness (QED) is 0.631. The highest BCUT2D eigenvalue weighted by Gasteiger charge is 2.26. The first-order chi connectivity index (χ1) is 14.2. The number of thiophene rings is 1. The molecule has 7 nitrogen and oxygen atoms in total. The molecule has 1 aliphatic rings. The maximum atomic E-state index is 12.5. The third-order valence-corrected chi connectivity index (χ3v) is 5.66. The Morgan fingerprint density at radius 3 is 2.86 bits per heavy atom. The first-order valence-corrected chi connectivity index (χ1v) is 10.8. The number of hydrogen-bond donors (Lipinski definition) is 1. The van der Waals surface area contributed by atoms with Crippen LogP contribution in [0.2, 0.25) is 0 Å². The molecule has 3 aromatic rings. The Balaban J connectivity index is 1.28. The number of anilines is 1. The number of carbonyl (C=O) groups is 1. The van der Waals surface area contributed by atoms with Crippen LogP contribution in [0.4, 0.5) is 5.69 Å². The second kappa shape index (κ2) is 9.19. The van der Waals surface area contributed by atoms with Crippen molar-refractivity contribution in [1.29, 1.82) is 0 Å². The SMILES string of the molecule is CCOc1ccccc1NC(=O)CN1CCC(c2nnc(-c3ccsc3)o2)CC1. The van der Waals surface area contributed by atoms with Crippen LogP contribution in [0.5, 0.6) is 5.75 Å². The monoisotopic (exact) mass is 412 g/mol. The third-order valence-electron chi connectivity index (χ3n) is 4.97. The van der Waals surface area contributed by atoms with E-state index in [1.807, 2.05) is 48.0 Å². The van der Waals surface area contributed by atoms with Gasteiger partial charge in [0.1, 0.15) is 5.75 Å². The summed E-state index contributed by atoms with van der Waals surface area (Å²) in [5, 5.41) is 15.4. The maximum absolute atomic E-state index is 12.5. The molecule has 0 saturated carbocycles. The zero-order valence-electron chi connectivity index (χ0n) is 16.3. The molecule has 0 unspecified atom stereocenters. The van der Waals surface area contributed by atoms with Crippen LogP contribution in [0.25, 0.3) is 11.5 Å². The minimum atomic E-state index is -0.0341. The highest BCUT2D eigenvalue weighted by atomic mass is 32.1. The lowest BCUT2D eigenvalue weighted by Gasteiger charge is -2.29. The summed E-state index contributed by atoms with van der Waals surface area (Å²) in [6.07, 6.45) is 1.79. The molecule has 2 aromatic heterocycles. The van der Waals surface area contributed by atoms with Gasteiger partial charge in [-0.1, -0.05) is 12.1 Å². The van der Waals surface area contributed by atoms with Crippen molar-refractivity contribution in [3.05, 3.63) is 47.0 Å². The number of hydrogen-bond acceptors (Lipinski definition) is 7. The van der Waals surface area contributed by atoms with E-state index >= 15 is 0 Å². The highest BCUT2D eigenvalue weighted by molar-refractivity contribution is 7.08. The fraction of sp³-hybridized carbons (Fsp3) is 0.381. The van der Waals surface area contributed by atoms with E-state index < -0.39 is 0 Å². The molecule has 0 radical (unpaired) electrons. The van der Waals surface area contributed by atoms with Crippen molar-refractivity contribution in [2.75, 3.05) is 31.6 Å². The Morgan fingerprint density at radius 2 is 2.10 bits per heavy atom. The van der Waals surface area contributed by atoms with Crippen LogP contribution in [-0.2, 0) is 4.79 Å². The van der Waals surface area contributed by atoms with Gasteiger partial charge < -0.3 is 14.5 Å². The van der Waals surface area contributed by atoms with Gasteiger partial charge in [-0.15, -0.1) is 10.2 Å². The molecule has 152 valence electrons. The third kappa shape index (κ3) is 4.83. The van der Waals surface area contributed by atoms with Crippen LogP contribution in [0, 0.1) is 0 Å². The molecule has 0 bridgehead atoms. The number of nitrogens with zero attached hydrogens (tertiary/aromatic N) is 3. The second-order valence-corrected chi connectivity index (χ2v) is 7.77. The topological polar surface area (TPSA) is 80.5 Å². The molecule has 1 saturated heterocycles. The Labute approximate surface area is 173 Å². The summed E-state index contributed by atoms with van der Waals surface area (Å²) in [5.74, 6) is 2.18. The molecular formula is C21H24N4O3S. The normalized spacial score (nSPS) is 15.3. The summed E-state index contributed by atoms with van der Waals surface area (Å²) in [6, 6.07) is 9.48. The zero-order valence-corrected chi connectivity index (χ0v) is 17.2. The van der Waals surface area contributed by atoms with Gasteiger partial charge in [-0.05, 0) is 56.4 Å². The first kappa shape index (κ1) is 19.6. The molecule has 8 heteroatoms. The smallest absolute Gasteiger partial charge is 0.248 e. The van der Waals surface area contributed by atoms with Crippen LogP contribution in [0.15, 0.2) is 45.5 Å². The number of carbonyl (C=O) groups excluding carboxylic acids is 1. The minimum absolute atomic E-state index is 0.0341. The first-order valence-electron chi connectivity index (χ1n) is 9.83. The molecule has 1 N–H and O–H groups in total. The van der Waals surface area contributed by atoms with E-state index in [2.05, 4.69) is 20.4 Å². The fourth-order valence-corrected chi connectivity index (χ4v) is 4.11. The second-order valence-electron chi connectivity index (χ2n) is 6.99. The standard InChI is InChI=1S/C21H24N4O3S/c1-2-27-18-6-4-3-5-17(18)22-19(26)13-25-10-7-15(8-11-25)20-23-24-21(28-20)16-9-12-29-14-16/h3-6,9,12,14-15H,2,7-8,10-11,13H2,1H3,(H,22,26). The summed E-state index contributed by atoms with van der Waals surface area (Å²) in [4.78, 5) is 14.6.